The van der Waals surface area contributed by atoms with E-state index in [9.17, 15) is 5.11 Å². The molecule has 18 heavy (non-hydrogen) atoms. The highest BCUT2D eigenvalue weighted by molar-refractivity contribution is 5.43. The molecule has 1 heterocycles. The molecule has 0 bridgehead atoms. The third kappa shape index (κ3) is 1.82. The number of likely N-dealkylation sites (N-methyl/N-ethyl adjacent to an activating group) is 1. The summed E-state index contributed by atoms with van der Waals surface area (Å²) in [6, 6.07) is 6.40. The SMILES string of the molecule is COc1ccc2c(c1)[C@@]1(CC[C@@H](O)C1)CN(C)C2. The Labute approximate surface area is 108 Å². The van der Waals surface area contributed by atoms with Gasteiger partial charge in [-0.1, -0.05) is 6.07 Å². The van der Waals surface area contributed by atoms with Crippen LogP contribution < -0.4 is 4.74 Å². The van der Waals surface area contributed by atoms with Crippen LogP contribution in [0.15, 0.2) is 18.2 Å². The van der Waals surface area contributed by atoms with Crippen molar-refractivity contribution >= 4 is 0 Å². The van der Waals surface area contributed by atoms with Crippen molar-refractivity contribution in [3.8, 4) is 5.75 Å². The van der Waals surface area contributed by atoms with Gasteiger partial charge in [0.2, 0.25) is 0 Å². The third-order valence-corrected chi connectivity index (χ3v) is 4.48. The van der Waals surface area contributed by atoms with Gasteiger partial charge in [0.05, 0.1) is 13.2 Å². The molecule has 0 aromatic heterocycles. The summed E-state index contributed by atoms with van der Waals surface area (Å²) in [6.07, 6.45) is 2.75. The zero-order chi connectivity index (χ0) is 12.8. The average Bonchev–Trinajstić information content (AvgIpc) is 2.71. The molecule has 2 aliphatic rings. The summed E-state index contributed by atoms with van der Waals surface area (Å²) in [5, 5.41) is 9.94. The van der Waals surface area contributed by atoms with E-state index in [4.69, 9.17) is 4.74 Å². The second kappa shape index (κ2) is 4.25. The molecule has 1 aliphatic carbocycles. The van der Waals surface area contributed by atoms with Gasteiger partial charge in [-0.3, -0.25) is 0 Å². The molecule has 1 aliphatic heterocycles. The van der Waals surface area contributed by atoms with E-state index < -0.39 is 0 Å². The lowest BCUT2D eigenvalue weighted by atomic mass is 9.73. The van der Waals surface area contributed by atoms with E-state index in [1.807, 2.05) is 6.07 Å². The predicted molar refractivity (Wildman–Crippen MR) is 70.9 cm³/mol. The Morgan fingerprint density at radius 1 is 1.44 bits per heavy atom. The summed E-state index contributed by atoms with van der Waals surface area (Å²) in [4.78, 5) is 2.37. The van der Waals surface area contributed by atoms with Gasteiger partial charge in [0, 0.05) is 18.5 Å². The maximum absolute atomic E-state index is 9.94. The minimum Gasteiger partial charge on any atom is -0.497 e. The maximum Gasteiger partial charge on any atom is 0.119 e. The standard InChI is InChI=1S/C15H21NO2/c1-16-9-11-3-4-13(18-2)7-14(11)15(10-16)6-5-12(17)8-15/h3-4,7,12,17H,5-6,8-10H2,1-2H3/t12-,15-/m1/s1. The normalized spacial score (nSPS) is 31.6. The minimum atomic E-state index is -0.143. The quantitative estimate of drug-likeness (QED) is 0.823. The largest absolute Gasteiger partial charge is 0.497 e. The number of hydrogen-bond acceptors (Lipinski definition) is 3. The first-order valence-corrected chi connectivity index (χ1v) is 6.67. The Kier molecular flexibility index (Phi) is 2.83. The first kappa shape index (κ1) is 12.0. The Morgan fingerprint density at radius 3 is 2.94 bits per heavy atom. The van der Waals surface area contributed by atoms with Gasteiger partial charge in [-0.2, -0.15) is 0 Å². The first-order chi connectivity index (χ1) is 8.63. The van der Waals surface area contributed by atoms with Crippen LogP contribution in [-0.2, 0) is 12.0 Å². The summed E-state index contributed by atoms with van der Waals surface area (Å²) in [5.41, 5.74) is 2.92. The van der Waals surface area contributed by atoms with E-state index in [0.717, 1.165) is 38.1 Å². The van der Waals surface area contributed by atoms with Gasteiger partial charge in [-0.05, 0) is 49.6 Å². The van der Waals surface area contributed by atoms with Crippen molar-refractivity contribution in [2.45, 2.75) is 37.3 Å². The molecule has 0 radical (unpaired) electrons. The van der Waals surface area contributed by atoms with Crippen LogP contribution in [0.1, 0.15) is 30.4 Å². The minimum absolute atomic E-state index is 0.135. The summed E-state index contributed by atoms with van der Waals surface area (Å²) in [7, 11) is 3.88. The van der Waals surface area contributed by atoms with Gasteiger partial charge in [-0.15, -0.1) is 0 Å². The van der Waals surface area contributed by atoms with Crippen molar-refractivity contribution in [3.05, 3.63) is 29.3 Å². The van der Waals surface area contributed by atoms with Crippen molar-refractivity contribution in [1.82, 2.24) is 4.90 Å². The van der Waals surface area contributed by atoms with Gasteiger partial charge < -0.3 is 14.7 Å². The van der Waals surface area contributed by atoms with Crippen molar-refractivity contribution in [1.29, 1.82) is 0 Å². The van der Waals surface area contributed by atoms with Crippen LogP contribution in [0.25, 0.3) is 0 Å². The number of fused-ring (bicyclic) bond motifs is 2. The molecule has 3 rings (SSSR count). The van der Waals surface area contributed by atoms with Crippen molar-refractivity contribution in [2.24, 2.45) is 0 Å². The molecule has 1 saturated carbocycles. The lowest BCUT2D eigenvalue weighted by Gasteiger charge is -2.41. The summed E-state index contributed by atoms with van der Waals surface area (Å²) >= 11 is 0. The highest BCUT2D eigenvalue weighted by Crippen LogP contribution is 2.46. The first-order valence-electron chi connectivity index (χ1n) is 6.67. The van der Waals surface area contributed by atoms with E-state index in [2.05, 4.69) is 24.1 Å². The van der Waals surface area contributed by atoms with Crippen LogP contribution >= 0.6 is 0 Å². The van der Waals surface area contributed by atoms with Gasteiger partial charge in [0.25, 0.3) is 0 Å². The molecule has 1 N–H and O–H groups in total. The topological polar surface area (TPSA) is 32.7 Å². The Hall–Kier alpha value is -1.06. The molecule has 1 aromatic rings. The summed E-state index contributed by atoms with van der Waals surface area (Å²) < 4.78 is 5.36. The molecule has 2 atom stereocenters. The summed E-state index contributed by atoms with van der Waals surface area (Å²) in [6.45, 7) is 2.04. The van der Waals surface area contributed by atoms with E-state index >= 15 is 0 Å². The fourth-order valence-corrected chi connectivity index (χ4v) is 3.75. The number of hydrogen-bond donors (Lipinski definition) is 1. The Bertz CT molecular complexity index is 460. The highest BCUT2D eigenvalue weighted by Gasteiger charge is 2.44. The monoisotopic (exact) mass is 247 g/mol. The fraction of sp³-hybridized carbons (Fsp3) is 0.600. The van der Waals surface area contributed by atoms with Crippen molar-refractivity contribution in [3.63, 3.8) is 0 Å². The summed E-state index contributed by atoms with van der Waals surface area (Å²) in [5.74, 6) is 0.930. The molecule has 1 aromatic carbocycles. The van der Waals surface area contributed by atoms with E-state index in [1.54, 1.807) is 7.11 Å². The molecule has 98 valence electrons. The second-order valence-electron chi connectivity index (χ2n) is 5.87. The number of rotatable bonds is 1. The average molecular weight is 247 g/mol. The lowest BCUT2D eigenvalue weighted by Crippen LogP contribution is -2.42. The maximum atomic E-state index is 9.94. The van der Waals surface area contributed by atoms with Crippen LogP contribution in [0.5, 0.6) is 5.75 Å². The molecule has 3 heteroatoms. The van der Waals surface area contributed by atoms with Gasteiger partial charge >= 0.3 is 0 Å². The van der Waals surface area contributed by atoms with Gasteiger partial charge in [0.1, 0.15) is 5.75 Å². The lowest BCUT2D eigenvalue weighted by molar-refractivity contribution is 0.155. The van der Waals surface area contributed by atoms with Crippen LogP contribution in [0.2, 0.25) is 0 Å². The second-order valence-corrected chi connectivity index (χ2v) is 5.87. The molecular formula is C15H21NO2. The highest BCUT2D eigenvalue weighted by atomic mass is 16.5. The molecule has 1 fully saturated rings. The predicted octanol–water partition coefficient (Wildman–Crippen LogP) is 1.92. The van der Waals surface area contributed by atoms with Crippen LogP contribution in [-0.4, -0.2) is 36.8 Å². The van der Waals surface area contributed by atoms with Crippen LogP contribution in [0.3, 0.4) is 0 Å². The number of methoxy groups -OCH3 is 1. The Morgan fingerprint density at radius 2 is 2.28 bits per heavy atom. The molecule has 0 saturated heterocycles. The zero-order valence-corrected chi connectivity index (χ0v) is 11.1. The van der Waals surface area contributed by atoms with Crippen molar-refractivity contribution in [2.75, 3.05) is 20.7 Å². The number of ether oxygens (including phenoxy) is 1. The van der Waals surface area contributed by atoms with Crippen LogP contribution in [0.4, 0.5) is 0 Å². The zero-order valence-electron chi connectivity index (χ0n) is 11.1. The van der Waals surface area contributed by atoms with E-state index in [-0.39, 0.29) is 11.5 Å². The van der Waals surface area contributed by atoms with Crippen molar-refractivity contribution < 1.29 is 9.84 Å². The molecule has 0 unspecified atom stereocenters. The molecular weight excluding hydrogens is 226 g/mol. The van der Waals surface area contributed by atoms with E-state index in [1.165, 1.54) is 11.1 Å². The van der Waals surface area contributed by atoms with Gasteiger partial charge in [0.15, 0.2) is 0 Å². The molecule has 1 spiro atoms. The number of aliphatic hydroxyl groups is 1. The number of aliphatic hydroxyl groups excluding tert-OH is 1. The smallest absolute Gasteiger partial charge is 0.119 e. The Balaban J connectivity index is 2.07. The molecule has 3 nitrogen and oxygen atoms in total. The third-order valence-electron chi connectivity index (χ3n) is 4.48. The molecule has 0 amide bonds. The fourth-order valence-electron chi connectivity index (χ4n) is 3.75. The van der Waals surface area contributed by atoms with Gasteiger partial charge in [-0.25, -0.2) is 0 Å². The van der Waals surface area contributed by atoms with Crippen LogP contribution in [0, 0.1) is 0 Å². The number of benzene rings is 1. The number of nitrogens with zero attached hydrogens (tertiary/aromatic N) is 1. The van der Waals surface area contributed by atoms with E-state index in [0.29, 0.717) is 0 Å².